The third-order valence-corrected chi connectivity index (χ3v) is 2.84. The highest BCUT2D eigenvalue weighted by molar-refractivity contribution is 5.82. The van der Waals surface area contributed by atoms with Crippen LogP contribution < -0.4 is 0 Å². The average molecular weight is 237 g/mol. The molecule has 1 aromatic carbocycles. The summed E-state index contributed by atoms with van der Waals surface area (Å²) < 4.78 is 5.24. The quantitative estimate of drug-likeness (QED) is 0.837. The summed E-state index contributed by atoms with van der Waals surface area (Å²) in [6.07, 6.45) is -0.616. The maximum atomic E-state index is 12.2. The lowest BCUT2D eigenvalue weighted by Crippen LogP contribution is -2.40. The number of nitrogens with zero attached hydrogens (tertiary/aromatic N) is 1. The molecule has 0 aliphatic carbocycles. The highest BCUT2D eigenvalue weighted by Gasteiger charge is 2.25. The highest BCUT2D eigenvalue weighted by atomic mass is 16.5. The highest BCUT2D eigenvalue weighted by Crippen LogP contribution is 2.19. The number of hydrogen-bond acceptors (Lipinski definition) is 3. The van der Waals surface area contributed by atoms with Gasteiger partial charge in [-0.3, -0.25) is 4.79 Å². The van der Waals surface area contributed by atoms with Gasteiger partial charge in [0.2, 0.25) is 0 Å². The number of likely N-dealkylation sites (N-methyl/N-ethyl adjacent to an activating group) is 1. The number of aliphatic hydroxyl groups excluding tert-OH is 1. The molecule has 0 aliphatic rings. The van der Waals surface area contributed by atoms with Gasteiger partial charge in [0.1, 0.15) is 0 Å². The normalized spacial score (nSPS) is 14.1. The van der Waals surface area contributed by atoms with Gasteiger partial charge in [0, 0.05) is 14.2 Å². The van der Waals surface area contributed by atoms with E-state index >= 15 is 0 Å². The third kappa shape index (κ3) is 3.28. The topological polar surface area (TPSA) is 49.8 Å². The fourth-order valence-corrected chi connectivity index (χ4v) is 1.53. The van der Waals surface area contributed by atoms with Gasteiger partial charge in [-0.2, -0.15) is 0 Å². The van der Waals surface area contributed by atoms with Crippen LogP contribution in [0.25, 0.3) is 0 Å². The van der Waals surface area contributed by atoms with Gasteiger partial charge in [0.15, 0.2) is 6.10 Å². The van der Waals surface area contributed by atoms with E-state index in [0.29, 0.717) is 0 Å². The van der Waals surface area contributed by atoms with Gasteiger partial charge in [-0.05, 0) is 12.5 Å². The monoisotopic (exact) mass is 237 g/mol. The maximum Gasteiger partial charge on any atom is 0.256 e. The second-order valence-electron chi connectivity index (χ2n) is 4.01. The van der Waals surface area contributed by atoms with Crippen LogP contribution in [0.5, 0.6) is 0 Å². The van der Waals surface area contributed by atoms with E-state index in [4.69, 9.17) is 9.84 Å². The molecule has 94 valence electrons. The van der Waals surface area contributed by atoms with E-state index in [9.17, 15) is 4.79 Å². The van der Waals surface area contributed by atoms with Crippen molar-refractivity contribution in [3.63, 3.8) is 0 Å². The number of aliphatic hydroxyl groups is 1. The van der Waals surface area contributed by atoms with Gasteiger partial charge in [-0.1, -0.05) is 30.3 Å². The van der Waals surface area contributed by atoms with E-state index in [-0.39, 0.29) is 18.6 Å². The number of carbonyl (C=O) groups excluding carboxylic acids is 1. The number of amides is 1. The van der Waals surface area contributed by atoms with Crippen molar-refractivity contribution in [2.24, 2.45) is 0 Å². The average Bonchev–Trinajstić information content (AvgIpc) is 2.38. The molecule has 0 aliphatic heterocycles. The molecule has 0 aromatic heterocycles. The molecule has 0 fully saturated rings. The molecular weight excluding hydrogens is 218 g/mol. The molecule has 4 nitrogen and oxygen atoms in total. The maximum absolute atomic E-state index is 12.2. The van der Waals surface area contributed by atoms with E-state index in [1.807, 2.05) is 30.3 Å². The van der Waals surface area contributed by atoms with Crippen LogP contribution in [0.2, 0.25) is 0 Å². The Bertz CT molecular complexity index is 353. The predicted molar refractivity (Wildman–Crippen MR) is 65.5 cm³/mol. The lowest BCUT2D eigenvalue weighted by molar-refractivity contribution is -0.143. The Kier molecular flexibility index (Phi) is 5.12. The Balaban J connectivity index is 2.85. The second kappa shape index (κ2) is 6.37. The summed E-state index contributed by atoms with van der Waals surface area (Å²) >= 11 is 0. The van der Waals surface area contributed by atoms with Crippen LogP contribution in [0, 0.1) is 0 Å². The summed E-state index contributed by atoms with van der Waals surface area (Å²) in [5, 5.41) is 9.04. The zero-order chi connectivity index (χ0) is 12.8. The molecule has 1 rings (SSSR count). The van der Waals surface area contributed by atoms with Crippen LogP contribution in [-0.4, -0.2) is 42.7 Å². The molecule has 0 bridgehead atoms. The van der Waals surface area contributed by atoms with E-state index in [2.05, 4.69) is 0 Å². The largest absolute Gasteiger partial charge is 0.394 e. The lowest BCUT2D eigenvalue weighted by atomic mass is 10.1. The number of rotatable bonds is 5. The van der Waals surface area contributed by atoms with E-state index in [1.54, 1.807) is 14.0 Å². The van der Waals surface area contributed by atoms with E-state index in [0.717, 1.165) is 5.56 Å². The first kappa shape index (κ1) is 13.7. The van der Waals surface area contributed by atoms with E-state index in [1.165, 1.54) is 12.0 Å². The Hall–Kier alpha value is -1.39. The molecule has 17 heavy (non-hydrogen) atoms. The minimum atomic E-state index is -0.616. The number of ether oxygens (including phenoxy) is 1. The summed E-state index contributed by atoms with van der Waals surface area (Å²) in [6.45, 7) is 1.73. The van der Waals surface area contributed by atoms with Crippen molar-refractivity contribution in [3.8, 4) is 0 Å². The summed E-state index contributed by atoms with van der Waals surface area (Å²) in [7, 11) is 3.17. The molecule has 4 heteroatoms. The van der Waals surface area contributed by atoms with Crippen LogP contribution in [0.3, 0.4) is 0 Å². The third-order valence-electron chi connectivity index (χ3n) is 2.84. The minimum absolute atomic E-state index is 0.0620. The fraction of sp³-hybridized carbons (Fsp3) is 0.462. The van der Waals surface area contributed by atoms with Crippen LogP contribution >= 0.6 is 0 Å². The Morgan fingerprint density at radius 3 is 2.47 bits per heavy atom. The Labute approximate surface area is 102 Å². The molecule has 1 aromatic rings. The first-order chi connectivity index (χ1) is 8.11. The van der Waals surface area contributed by atoms with E-state index < -0.39 is 6.10 Å². The molecule has 2 unspecified atom stereocenters. The van der Waals surface area contributed by atoms with Crippen LogP contribution in [0.4, 0.5) is 0 Å². The SMILES string of the molecule is COC(C(=O)N(C)C(C)CO)c1ccccc1. The number of carbonyl (C=O) groups is 1. The number of benzene rings is 1. The van der Waals surface area contributed by atoms with Crippen LogP contribution in [0.1, 0.15) is 18.6 Å². The molecule has 0 radical (unpaired) electrons. The lowest BCUT2D eigenvalue weighted by Gasteiger charge is -2.27. The Morgan fingerprint density at radius 2 is 2.00 bits per heavy atom. The Morgan fingerprint density at radius 1 is 1.41 bits per heavy atom. The molecule has 0 saturated carbocycles. The zero-order valence-corrected chi connectivity index (χ0v) is 10.5. The van der Waals surface area contributed by atoms with Gasteiger partial charge in [0.25, 0.3) is 5.91 Å². The molecular formula is C13H19NO3. The van der Waals surface area contributed by atoms with Crippen molar-refractivity contribution >= 4 is 5.91 Å². The standard InChI is InChI=1S/C13H19NO3/c1-10(9-15)14(2)13(16)12(17-3)11-7-5-4-6-8-11/h4-8,10,12,15H,9H2,1-3H3. The molecule has 1 amide bonds. The predicted octanol–water partition coefficient (Wildman–Crippen LogP) is 1.21. The van der Waals surface area contributed by atoms with Gasteiger partial charge in [-0.15, -0.1) is 0 Å². The summed E-state index contributed by atoms with van der Waals surface area (Å²) in [4.78, 5) is 13.7. The van der Waals surface area contributed by atoms with Crippen molar-refractivity contribution in [1.29, 1.82) is 0 Å². The molecule has 0 spiro atoms. The summed E-state index contributed by atoms with van der Waals surface area (Å²) in [6, 6.07) is 9.10. The van der Waals surface area contributed by atoms with Crippen molar-refractivity contribution in [1.82, 2.24) is 4.90 Å². The zero-order valence-electron chi connectivity index (χ0n) is 10.5. The summed E-state index contributed by atoms with van der Waals surface area (Å²) in [5.74, 6) is -0.153. The van der Waals surface area contributed by atoms with Gasteiger partial charge in [0.05, 0.1) is 12.6 Å². The van der Waals surface area contributed by atoms with Crippen molar-refractivity contribution in [2.45, 2.75) is 19.1 Å². The van der Waals surface area contributed by atoms with Gasteiger partial charge >= 0.3 is 0 Å². The first-order valence-corrected chi connectivity index (χ1v) is 5.57. The van der Waals surface area contributed by atoms with Gasteiger partial charge < -0.3 is 14.7 Å². The van der Waals surface area contributed by atoms with Crippen molar-refractivity contribution < 1.29 is 14.6 Å². The first-order valence-electron chi connectivity index (χ1n) is 5.57. The number of hydrogen-bond donors (Lipinski definition) is 1. The van der Waals surface area contributed by atoms with Crippen LogP contribution in [0.15, 0.2) is 30.3 Å². The fourth-order valence-electron chi connectivity index (χ4n) is 1.53. The number of methoxy groups -OCH3 is 1. The summed E-state index contributed by atoms with van der Waals surface area (Å²) in [5.41, 5.74) is 0.817. The van der Waals surface area contributed by atoms with Crippen molar-refractivity contribution in [3.05, 3.63) is 35.9 Å². The smallest absolute Gasteiger partial charge is 0.256 e. The van der Waals surface area contributed by atoms with Crippen molar-refractivity contribution in [2.75, 3.05) is 20.8 Å². The molecule has 2 atom stereocenters. The molecule has 0 heterocycles. The molecule has 0 saturated heterocycles. The molecule has 1 N–H and O–H groups in total. The van der Waals surface area contributed by atoms with Gasteiger partial charge in [-0.25, -0.2) is 0 Å². The minimum Gasteiger partial charge on any atom is -0.394 e. The van der Waals surface area contributed by atoms with Crippen LogP contribution in [-0.2, 0) is 9.53 Å². The second-order valence-corrected chi connectivity index (χ2v) is 4.01.